The van der Waals surface area contributed by atoms with Crippen LogP contribution in [-0.2, 0) is 4.79 Å². The highest BCUT2D eigenvalue weighted by molar-refractivity contribution is 6.30. The molecular formula is C21H33ClN3O+. The van der Waals surface area contributed by atoms with Crippen LogP contribution in [-0.4, -0.2) is 55.1 Å². The van der Waals surface area contributed by atoms with Gasteiger partial charge in [-0.25, -0.2) is 0 Å². The van der Waals surface area contributed by atoms with Gasteiger partial charge >= 0.3 is 0 Å². The van der Waals surface area contributed by atoms with Crippen molar-refractivity contribution in [2.45, 2.75) is 65.1 Å². The predicted octanol–water partition coefficient (Wildman–Crippen LogP) is 2.53. The van der Waals surface area contributed by atoms with E-state index in [0.717, 1.165) is 44.0 Å². The number of likely N-dealkylation sites (tertiary alicyclic amines) is 1. The van der Waals surface area contributed by atoms with Gasteiger partial charge in [0.2, 0.25) is 0 Å². The fraction of sp³-hybridized carbons (Fsp3) is 0.667. The summed E-state index contributed by atoms with van der Waals surface area (Å²) in [4.78, 5) is 19.1. The zero-order valence-corrected chi connectivity index (χ0v) is 17.4. The van der Waals surface area contributed by atoms with Crippen LogP contribution in [0, 0.1) is 6.92 Å². The maximum atomic E-state index is 13.1. The number of halogens is 1. The number of piperazine rings is 1. The molecule has 2 fully saturated rings. The van der Waals surface area contributed by atoms with Crippen molar-refractivity contribution in [3.8, 4) is 0 Å². The van der Waals surface area contributed by atoms with Gasteiger partial charge in [-0.2, -0.15) is 0 Å². The van der Waals surface area contributed by atoms with E-state index in [4.69, 9.17) is 11.6 Å². The summed E-state index contributed by atoms with van der Waals surface area (Å²) in [6, 6.07) is 6.90. The number of nitrogens with one attached hydrogen (secondary N) is 1. The maximum absolute atomic E-state index is 13.1. The number of piperidine rings is 1. The lowest BCUT2D eigenvalue weighted by Gasteiger charge is -2.42. The highest BCUT2D eigenvalue weighted by Gasteiger charge is 2.37. The fourth-order valence-electron chi connectivity index (χ4n) is 4.65. The zero-order chi connectivity index (χ0) is 18.8. The Kier molecular flexibility index (Phi) is 6.13. The first-order valence-electron chi connectivity index (χ1n) is 10.1. The molecule has 1 aromatic carbocycles. The molecular weight excluding hydrogens is 346 g/mol. The van der Waals surface area contributed by atoms with Crippen molar-refractivity contribution in [3.63, 3.8) is 0 Å². The number of benzene rings is 1. The molecule has 5 heteroatoms. The molecule has 3 rings (SSSR count). The molecule has 0 bridgehead atoms. The van der Waals surface area contributed by atoms with Gasteiger partial charge in [-0.1, -0.05) is 17.7 Å². The van der Waals surface area contributed by atoms with Crippen LogP contribution in [0.1, 0.15) is 45.6 Å². The van der Waals surface area contributed by atoms with E-state index in [1.165, 1.54) is 22.6 Å². The molecule has 2 aliphatic rings. The molecule has 4 nitrogen and oxygen atoms in total. The second-order valence-electron chi connectivity index (χ2n) is 8.17. The van der Waals surface area contributed by atoms with E-state index in [2.05, 4.69) is 49.6 Å². The van der Waals surface area contributed by atoms with Crippen LogP contribution in [0.5, 0.6) is 0 Å². The third-order valence-corrected chi connectivity index (χ3v) is 6.58. The van der Waals surface area contributed by atoms with Crippen LogP contribution >= 0.6 is 11.6 Å². The van der Waals surface area contributed by atoms with Gasteiger partial charge in [0, 0.05) is 22.8 Å². The summed E-state index contributed by atoms with van der Waals surface area (Å²) in [7, 11) is 0. The highest BCUT2D eigenvalue weighted by Crippen LogP contribution is 2.25. The Labute approximate surface area is 163 Å². The van der Waals surface area contributed by atoms with Crippen LogP contribution in [0.2, 0.25) is 5.02 Å². The molecule has 144 valence electrons. The fourth-order valence-corrected chi connectivity index (χ4v) is 4.81. The largest absolute Gasteiger partial charge is 0.360 e. The van der Waals surface area contributed by atoms with Crippen LogP contribution in [0.4, 0.5) is 5.69 Å². The minimum Gasteiger partial charge on any atom is -0.360 e. The highest BCUT2D eigenvalue weighted by atomic mass is 35.5. The third kappa shape index (κ3) is 4.01. The molecule has 26 heavy (non-hydrogen) atoms. The van der Waals surface area contributed by atoms with Gasteiger partial charge in [0.1, 0.15) is 0 Å². The summed E-state index contributed by atoms with van der Waals surface area (Å²) in [5.41, 5.74) is 2.49. The Hall–Kier alpha value is -1.26. The van der Waals surface area contributed by atoms with E-state index in [9.17, 15) is 4.79 Å². The van der Waals surface area contributed by atoms with Gasteiger partial charge in [-0.3, -0.25) is 4.79 Å². The van der Waals surface area contributed by atoms with E-state index >= 15 is 0 Å². The van der Waals surface area contributed by atoms with Crippen molar-refractivity contribution in [3.05, 3.63) is 28.8 Å². The Morgan fingerprint density at radius 3 is 2.42 bits per heavy atom. The van der Waals surface area contributed by atoms with Crippen LogP contribution < -0.4 is 9.80 Å². The van der Waals surface area contributed by atoms with E-state index in [1.54, 1.807) is 0 Å². The molecule has 0 aromatic heterocycles. The van der Waals surface area contributed by atoms with Crippen molar-refractivity contribution < 1.29 is 9.69 Å². The molecule has 0 unspecified atom stereocenters. The van der Waals surface area contributed by atoms with E-state index in [1.807, 2.05) is 6.07 Å². The second-order valence-corrected chi connectivity index (χ2v) is 8.61. The number of hydrogen-bond acceptors (Lipinski definition) is 2. The van der Waals surface area contributed by atoms with Crippen LogP contribution in [0.15, 0.2) is 18.2 Å². The zero-order valence-electron chi connectivity index (χ0n) is 16.6. The number of amides is 1. The molecule has 1 aromatic rings. The Morgan fingerprint density at radius 2 is 1.81 bits per heavy atom. The van der Waals surface area contributed by atoms with Gasteiger partial charge in [0.15, 0.2) is 6.04 Å². The minimum absolute atomic E-state index is 0.0422. The summed E-state index contributed by atoms with van der Waals surface area (Å²) < 4.78 is 0. The van der Waals surface area contributed by atoms with Gasteiger partial charge in [-0.15, -0.1) is 0 Å². The number of hydrogen-bond donors (Lipinski definition) is 1. The first-order valence-corrected chi connectivity index (χ1v) is 10.4. The molecule has 0 saturated carbocycles. The lowest BCUT2D eigenvalue weighted by atomic mass is 9.96. The predicted molar refractivity (Wildman–Crippen MR) is 108 cm³/mol. The summed E-state index contributed by atoms with van der Waals surface area (Å²) in [5, 5.41) is 0.789. The molecule has 0 aliphatic carbocycles. The van der Waals surface area contributed by atoms with E-state index in [-0.39, 0.29) is 6.04 Å². The number of anilines is 1. The van der Waals surface area contributed by atoms with Crippen molar-refractivity contribution in [2.75, 3.05) is 31.1 Å². The Morgan fingerprint density at radius 1 is 1.19 bits per heavy atom. The smallest absolute Gasteiger partial charge is 0.281 e. The molecule has 1 N–H and O–H groups in total. The number of nitrogens with zero attached hydrogens (tertiary/aromatic N) is 2. The lowest BCUT2D eigenvalue weighted by molar-refractivity contribution is -0.915. The Bertz CT molecular complexity index is 632. The molecule has 2 aliphatic heterocycles. The van der Waals surface area contributed by atoms with Gasteiger partial charge in [0.25, 0.3) is 5.91 Å². The standard InChI is InChI=1S/C21H32ClN3O/c1-15-8-9-19(22)14-20(15)24-12-10-23(11-13-24)18(4)21(26)25-16(2)6-5-7-17(25)3/h8-9,14,16-18H,5-7,10-13H2,1-4H3/p+1/t16-,17+,18-/m0/s1. The molecule has 0 radical (unpaired) electrons. The number of carbonyl (C=O) groups is 1. The van der Waals surface area contributed by atoms with Crippen LogP contribution in [0.25, 0.3) is 0 Å². The van der Waals surface area contributed by atoms with Gasteiger partial charge < -0.3 is 14.7 Å². The monoisotopic (exact) mass is 378 g/mol. The molecule has 0 spiro atoms. The minimum atomic E-state index is 0.0422. The summed E-state index contributed by atoms with van der Waals surface area (Å²) in [5.74, 6) is 0.340. The quantitative estimate of drug-likeness (QED) is 0.875. The normalized spacial score (nSPS) is 26.0. The topological polar surface area (TPSA) is 28.0 Å². The third-order valence-electron chi connectivity index (χ3n) is 6.35. The van der Waals surface area contributed by atoms with Gasteiger partial charge in [-0.05, 0) is 64.7 Å². The summed E-state index contributed by atoms with van der Waals surface area (Å²) >= 11 is 6.19. The average Bonchev–Trinajstić information content (AvgIpc) is 2.63. The van der Waals surface area contributed by atoms with E-state index in [0.29, 0.717) is 18.0 Å². The van der Waals surface area contributed by atoms with Crippen molar-refractivity contribution >= 4 is 23.2 Å². The van der Waals surface area contributed by atoms with Crippen LogP contribution in [0.3, 0.4) is 0 Å². The molecule has 3 atom stereocenters. The SMILES string of the molecule is Cc1ccc(Cl)cc1N1CC[NH+]([C@@H](C)C(=O)N2[C@H](C)CCC[C@@H]2C)CC1. The summed E-state index contributed by atoms with van der Waals surface area (Å²) in [6.07, 6.45) is 3.52. The summed E-state index contributed by atoms with van der Waals surface area (Å²) in [6.45, 7) is 12.6. The molecule has 2 saturated heterocycles. The maximum Gasteiger partial charge on any atom is 0.281 e. The van der Waals surface area contributed by atoms with E-state index < -0.39 is 0 Å². The number of aryl methyl sites for hydroxylation is 1. The molecule has 2 heterocycles. The second kappa shape index (κ2) is 8.18. The number of rotatable bonds is 3. The van der Waals surface area contributed by atoms with Crippen molar-refractivity contribution in [2.24, 2.45) is 0 Å². The number of carbonyl (C=O) groups excluding carboxylic acids is 1. The van der Waals surface area contributed by atoms with Gasteiger partial charge in [0.05, 0.1) is 26.2 Å². The lowest BCUT2D eigenvalue weighted by Crippen LogP contribution is -3.19. The van der Waals surface area contributed by atoms with Crippen molar-refractivity contribution in [1.82, 2.24) is 4.90 Å². The van der Waals surface area contributed by atoms with Crippen molar-refractivity contribution in [1.29, 1.82) is 0 Å². The number of quaternary nitrogens is 1. The average molecular weight is 379 g/mol. The molecule has 1 amide bonds. The Balaban J connectivity index is 1.62. The first kappa shape index (κ1) is 19.5. The first-order chi connectivity index (χ1) is 12.4.